The van der Waals surface area contributed by atoms with Crippen LogP contribution in [0.2, 0.25) is 10.0 Å². The maximum atomic E-state index is 9.69. The number of rotatable bonds is 0. The van der Waals surface area contributed by atoms with E-state index in [-0.39, 0.29) is 6.10 Å². The molecule has 70 valence electrons. The zero-order valence-electron chi connectivity index (χ0n) is 7.06. The van der Waals surface area contributed by atoms with Gasteiger partial charge in [0.05, 0.1) is 6.10 Å². The third-order valence-electron chi connectivity index (χ3n) is 2.46. The topological polar surface area (TPSA) is 20.2 Å². The molecule has 1 atom stereocenters. The predicted molar refractivity (Wildman–Crippen MR) is 54.4 cm³/mol. The Morgan fingerprint density at radius 2 is 2.08 bits per heavy atom. The molecule has 1 N–H and O–H groups in total. The molecule has 0 saturated carbocycles. The first-order chi connectivity index (χ1) is 6.18. The van der Waals surface area contributed by atoms with E-state index in [1.165, 1.54) is 0 Å². The van der Waals surface area contributed by atoms with Crippen LogP contribution in [0.25, 0.3) is 0 Å². The number of fused-ring (bicyclic) bond motifs is 1. The first-order valence-corrected chi connectivity index (χ1v) is 5.10. The van der Waals surface area contributed by atoms with Crippen LogP contribution >= 0.6 is 23.2 Å². The van der Waals surface area contributed by atoms with Gasteiger partial charge in [-0.1, -0.05) is 23.2 Å². The van der Waals surface area contributed by atoms with E-state index >= 15 is 0 Å². The van der Waals surface area contributed by atoms with Gasteiger partial charge < -0.3 is 5.11 Å². The van der Waals surface area contributed by atoms with Crippen molar-refractivity contribution in [2.75, 3.05) is 0 Å². The Morgan fingerprint density at radius 3 is 2.85 bits per heavy atom. The van der Waals surface area contributed by atoms with Crippen LogP contribution in [-0.4, -0.2) is 5.11 Å². The second kappa shape index (κ2) is 3.49. The zero-order chi connectivity index (χ0) is 9.42. The largest absolute Gasteiger partial charge is 0.388 e. The molecule has 0 aliphatic heterocycles. The quantitative estimate of drug-likeness (QED) is 0.706. The van der Waals surface area contributed by atoms with Gasteiger partial charge in [0.1, 0.15) is 0 Å². The van der Waals surface area contributed by atoms with E-state index in [4.69, 9.17) is 23.2 Å². The van der Waals surface area contributed by atoms with Gasteiger partial charge in [0.2, 0.25) is 0 Å². The fraction of sp³-hybridized carbons (Fsp3) is 0.400. The number of aliphatic hydroxyl groups excluding tert-OH is 1. The summed E-state index contributed by atoms with van der Waals surface area (Å²) in [4.78, 5) is 0. The van der Waals surface area contributed by atoms with Crippen molar-refractivity contribution >= 4 is 23.2 Å². The molecule has 0 heterocycles. The van der Waals surface area contributed by atoms with Gasteiger partial charge in [0.15, 0.2) is 0 Å². The van der Waals surface area contributed by atoms with Gasteiger partial charge in [-0.25, -0.2) is 0 Å². The summed E-state index contributed by atoms with van der Waals surface area (Å²) in [7, 11) is 0. The number of benzene rings is 1. The van der Waals surface area contributed by atoms with Crippen molar-refractivity contribution in [2.45, 2.75) is 25.4 Å². The smallest absolute Gasteiger partial charge is 0.0793 e. The van der Waals surface area contributed by atoms with Crippen molar-refractivity contribution in [3.8, 4) is 0 Å². The summed E-state index contributed by atoms with van der Waals surface area (Å²) < 4.78 is 0. The molecular weight excluding hydrogens is 207 g/mol. The molecular formula is C10H10Cl2O. The molecule has 1 aromatic rings. The molecule has 0 saturated heterocycles. The molecule has 3 heteroatoms. The Kier molecular flexibility index (Phi) is 2.50. The number of hydrogen-bond donors (Lipinski definition) is 1. The number of hydrogen-bond acceptors (Lipinski definition) is 1. The normalized spacial score (nSPS) is 21.3. The summed E-state index contributed by atoms with van der Waals surface area (Å²) in [6, 6.07) is 3.55. The highest BCUT2D eigenvalue weighted by molar-refractivity contribution is 6.35. The van der Waals surface area contributed by atoms with E-state index < -0.39 is 0 Å². The zero-order valence-corrected chi connectivity index (χ0v) is 8.57. The molecule has 0 aromatic heterocycles. The van der Waals surface area contributed by atoms with Crippen molar-refractivity contribution < 1.29 is 5.11 Å². The lowest BCUT2D eigenvalue weighted by Gasteiger charge is -2.22. The second-order valence-electron chi connectivity index (χ2n) is 3.36. The molecule has 0 spiro atoms. The Hall–Kier alpha value is -0.240. The van der Waals surface area contributed by atoms with Crippen molar-refractivity contribution in [1.29, 1.82) is 0 Å². The Balaban J connectivity index is 2.56. The maximum Gasteiger partial charge on any atom is 0.0793 e. The standard InChI is InChI=1S/C10H10Cl2O/c11-6-4-8-7(9(12)5-6)2-1-3-10(8)13/h4-5,10,13H,1-3H2/t10-/m1/s1. The summed E-state index contributed by atoms with van der Waals surface area (Å²) in [6.45, 7) is 0. The van der Waals surface area contributed by atoms with E-state index in [1.54, 1.807) is 6.07 Å². The minimum Gasteiger partial charge on any atom is -0.388 e. The fourth-order valence-corrected chi connectivity index (χ4v) is 2.42. The first-order valence-electron chi connectivity index (χ1n) is 4.34. The van der Waals surface area contributed by atoms with Crippen LogP contribution in [0.4, 0.5) is 0 Å². The van der Waals surface area contributed by atoms with Gasteiger partial charge in [0.25, 0.3) is 0 Å². The maximum absolute atomic E-state index is 9.69. The minimum atomic E-state index is -0.389. The SMILES string of the molecule is O[C@@H]1CCCc2c(Cl)cc(Cl)cc21. The van der Waals surface area contributed by atoms with Crippen LogP contribution < -0.4 is 0 Å². The lowest BCUT2D eigenvalue weighted by Crippen LogP contribution is -2.09. The van der Waals surface area contributed by atoms with Gasteiger partial charge in [0, 0.05) is 10.0 Å². The molecule has 1 aliphatic carbocycles. The van der Waals surface area contributed by atoms with Crippen LogP contribution in [-0.2, 0) is 6.42 Å². The molecule has 0 radical (unpaired) electrons. The predicted octanol–water partition coefficient (Wildman–Crippen LogP) is 3.36. The van der Waals surface area contributed by atoms with E-state index in [9.17, 15) is 5.11 Å². The summed E-state index contributed by atoms with van der Waals surface area (Å²) in [5.74, 6) is 0. The molecule has 0 bridgehead atoms. The minimum absolute atomic E-state index is 0.389. The molecule has 0 amide bonds. The summed E-state index contributed by atoms with van der Waals surface area (Å²) in [6.07, 6.45) is 2.36. The lowest BCUT2D eigenvalue weighted by atomic mass is 9.89. The molecule has 1 aromatic carbocycles. The summed E-state index contributed by atoms with van der Waals surface area (Å²) in [5, 5.41) is 11.0. The van der Waals surface area contributed by atoms with Gasteiger partial charge in [-0.15, -0.1) is 0 Å². The van der Waals surface area contributed by atoms with Crippen LogP contribution in [0.5, 0.6) is 0 Å². The fourth-order valence-electron chi connectivity index (χ4n) is 1.81. The van der Waals surface area contributed by atoms with Gasteiger partial charge in [-0.05, 0) is 42.5 Å². The highest BCUT2D eigenvalue weighted by atomic mass is 35.5. The Bertz CT molecular complexity index is 336. The summed E-state index contributed by atoms with van der Waals surface area (Å²) >= 11 is 11.9. The monoisotopic (exact) mass is 216 g/mol. The Labute approximate surface area is 87.3 Å². The van der Waals surface area contributed by atoms with Gasteiger partial charge in [-0.2, -0.15) is 0 Å². The van der Waals surface area contributed by atoms with Crippen molar-refractivity contribution in [2.24, 2.45) is 0 Å². The number of halogens is 2. The third kappa shape index (κ3) is 1.69. The lowest BCUT2D eigenvalue weighted by molar-refractivity contribution is 0.156. The summed E-state index contributed by atoms with van der Waals surface area (Å²) in [5.41, 5.74) is 1.97. The van der Waals surface area contributed by atoms with Crippen LogP contribution in [0.15, 0.2) is 12.1 Å². The molecule has 0 fully saturated rings. The molecule has 2 rings (SSSR count). The van der Waals surface area contributed by atoms with Crippen LogP contribution in [0, 0.1) is 0 Å². The Morgan fingerprint density at radius 1 is 1.31 bits per heavy atom. The first kappa shape index (κ1) is 9.32. The number of aliphatic hydroxyl groups is 1. The second-order valence-corrected chi connectivity index (χ2v) is 4.21. The van der Waals surface area contributed by atoms with Crippen LogP contribution in [0.1, 0.15) is 30.1 Å². The highest BCUT2D eigenvalue weighted by Crippen LogP contribution is 2.36. The van der Waals surface area contributed by atoms with E-state index in [0.29, 0.717) is 10.0 Å². The average molecular weight is 217 g/mol. The van der Waals surface area contributed by atoms with Crippen molar-refractivity contribution in [1.82, 2.24) is 0 Å². The molecule has 13 heavy (non-hydrogen) atoms. The van der Waals surface area contributed by atoms with E-state index in [0.717, 1.165) is 30.4 Å². The molecule has 0 unspecified atom stereocenters. The molecule has 1 aliphatic rings. The van der Waals surface area contributed by atoms with Crippen molar-refractivity contribution in [3.63, 3.8) is 0 Å². The van der Waals surface area contributed by atoms with Gasteiger partial charge >= 0.3 is 0 Å². The van der Waals surface area contributed by atoms with E-state index in [1.807, 2.05) is 6.07 Å². The average Bonchev–Trinajstić information content (AvgIpc) is 2.07. The third-order valence-corrected chi connectivity index (χ3v) is 3.01. The van der Waals surface area contributed by atoms with Gasteiger partial charge in [-0.3, -0.25) is 0 Å². The van der Waals surface area contributed by atoms with Crippen LogP contribution in [0.3, 0.4) is 0 Å². The van der Waals surface area contributed by atoms with E-state index in [2.05, 4.69) is 0 Å². The van der Waals surface area contributed by atoms with Crippen molar-refractivity contribution in [3.05, 3.63) is 33.3 Å². The highest BCUT2D eigenvalue weighted by Gasteiger charge is 2.20. The molecule has 1 nitrogen and oxygen atoms in total.